The first kappa shape index (κ1) is 29.2. The number of ether oxygens (including phenoxy) is 3. The monoisotopic (exact) mass is 613 g/mol. The third-order valence-electron chi connectivity index (χ3n) is 7.05. The average Bonchev–Trinajstić information content (AvgIpc) is 3.63. The quantitative estimate of drug-likeness (QED) is 0.198. The second kappa shape index (κ2) is 12.3. The molecule has 3 aromatic carbocycles. The Morgan fingerprint density at radius 3 is 2.54 bits per heavy atom. The number of hydrogen-bond donors (Lipinski definition) is 0. The zero-order valence-electron chi connectivity index (χ0n) is 23.1. The van der Waals surface area contributed by atoms with Crippen LogP contribution in [0.15, 0.2) is 83.2 Å². The number of thiazole rings is 1. The molecule has 5 rings (SSSR count). The van der Waals surface area contributed by atoms with Gasteiger partial charge in [-0.25, -0.2) is 17.7 Å². The van der Waals surface area contributed by atoms with E-state index >= 15 is 0 Å². The van der Waals surface area contributed by atoms with E-state index in [4.69, 9.17) is 25.8 Å². The summed E-state index contributed by atoms with van der Waals surface area (Å²) in [4.78, 5) is 6.68. The number of benzene rings is 3. The molecule has 1 aromatic heterocycles. The Kier molecular flexibility index (Phi) is 8.74. The molecule has 4 aromatic rings. The van der Waals surface area contributed by atoms with Gasteiger partial charge in [0.25, 0.3) is 10.0 Å². The Balaban J connectivity index is 1.36. The van der Waals surface area contributed by atoms with Crippen LogP contribution in [-0.2, 0) is 23.1 Å². The van der Waals surface area contributed by atoms with E-state index in [1.165, 1.54) is 40.4 Å². The smallest absolute Gasteiger partial charge is 0.266 e. The first-order valence-electron chi connectivity index (χ1n) is 13.1. The third-order valence-corrected chi connectivity index (χ3v) is 9.99. The van der Waals surface area contributed by atoms with Gasteiger partial charge in [-0.1, -0.05) is 41.9 Å². The van der Waals surface area contributed by atoms with Gasteiger partial charge >= 0.3 is 0 Å². The van der Waals surface area contributed by atoms with Crippen LogP contribution in [-0.4, -0.2) is 51.2 Å². The number of halogens is 1. The Morgan fingerprint density at radius 2 is 1.85 bits per heavy atom. The predicted octanol–water partition coefficient (Wildman–Crippen LogP) is 6.25. The van der Waals surface area contributed by atoms with Crippen molar-refractivity contribution >= 4 is 38.1 Å². The van der Waals surface area contributed by atoms with Gasteiger partial charge in [0.05, 0.1) is 30.7 Å². The number of sulfonamides is 1. The highest BCUT2D eigenvalue weighted by atomic mass is 35.5. The second-order valence-electron chi connectivity index (χ2n) is 10.1. The zero-order chi connectivity index (χ0) is 29.0. The number of methoxy groups -OCH3 is 2. The largest absolute Gasteiger partial charge is 0.497 e. The topological polar surface area (TPSA) is 81.2 Å². The molecule has 41 heavy (non-hydrogen) atoms. The highest BCUT2D eigenvalue weighted by Crippen LogP contribution is 2.37. The molecule has 2 heterocycles. The fraction of sp³-hybridized carbons (Fsp3) is 0.300. The van der Waals surface area contributed by atoms with Crippen LogP contribution >= 0.6 is 22.9 Å². The number of rotatable bonds is 11. The van der Waals surface area contributed by atoms with Gasteiger partial charge in [0.15, 0.2) is 5.13 Å². The lowest BCUT2D eigenvalue weighted by atomic mass is 10.1. The van der Waals surface area contributed by atoms with Crippen molar-refractivity contribution in [3.63, 3.8) is 0 Å². The second-order valence-corrected chi connectivity index (χ2v) is 13.2. The fourth-order valence-electron chi connectivity index (χ4n) is 4.93. The van der Waals surface area contributed by atoms with Gasteiger partial charge in [-0.2, -0.15) is 0 Å². The summed E-state index contributed by atoms with van der Waals surface area (Å²) in [6, 6.07) is 20.2. The van der Waals surface area contributed by atoms with Gasteiger partial charge < -0.3 is 14.2 Å². The lowest BCUT2D eigenvalue weighted by molar-refractivity contribution is 0.0951. The van der Waals surface area contributed by atoms with Crippen molar-refractivity contribution in [1.29, 1.82) is 0 Å². The molecule has 1 aliphatic heterocycles. The molecular formula is C30H32ClN3O5S2. The summed E-state index contributed by atoms with van der Waals surface area (Å²) >= 11 is 7.87. The Hall–Kier alpha value is -3.31. The minimum atomic E-state index is -4.04. The summed E-state index contributed by atoms with van der Waals surface area (Å²) in [6.07, 6.45) is 2.40. The summed E-state index contributed by atoms with van der Waals surface area (Å²) in [6.45, 7) is 4.54. The molecule has 1 unspecified atom stereocenters. The van der Waals surface area contributed by atoms with E-state index in [0.717, 1.165) is 26.1 Å². The Morgan fingerprint density at radius 1 is 1.05 bits per heavy atom. The van der Waals surface area contributed by atoms with E-state index in [9.17, 15) is 8.42 Å². The maximum Gasteiger partial charge on any atom is 0.266 e. The highest BCUT2D eigenvalue weighted by Gasteiger charge is 2.37. The number of aromatic nitrogens is 1. The van der Waals surface area contributed by atoms with Crippen LogP contribution in [0.25, 0.3) is 0 Å². The van der Waals surface area contributed by atoms with Crippen molar-refractivity contribution < 1.29 is 22.6 Å². The minimum absolute atomic E-state index is 0.00814. The van der Waals surface area contributed by atoms with Gasteiger partial charge in [0.2, 0.25) is 0 Å². The number of nitrogens with zero attached hydrogens (tertiary/aromatic N) is 3. The van der Waals surface area contributed by atoms with Gasteiger partial charge in [0, 0.05) is 49.3 Å². The van der Waals surface area contributed by atoms with Gasteiger partial charge in [0.1, 0.15) is 22.8 Å². The standard InChI is InChI=1S/C30H32ClN3O5S2/c1-30(13-15-33(21-30)19-22-7-5-4-6-8-22)39-27-12-11-25(18-26(27)31)41(35,36)34(29-32-14-16-40-29)20-23-9-10-24(37-2)17-28(23)38-3/h4-12,14,16-18H,13,15,19-21H2,1-3H3. The lowest BCUT2D eigenvalue weighted by Gasteiger charge is -2.27. The summed E-state index contributed by atoms with van der Waals surface area (Å²) in [5.74, 6) is 1.57. The molecule has 8 nitrogen and oxygen atoms in total. The molecular weight excluding hydrogens is 582 g/mol. The van der Waals surface area contributed by atoms with Crippen LogP contribution in [0.4, 0.5) is 5.13 Å². The molecule has 11 heteroatoms. The van der Waals surface area contributed by atoms with Crippen LogP contribution in [0.2, 0.25) is 5.02 Å². The average molecular weight is 614 g/mol. The molecule has 1 atom stereocenters. The van der Waals surface area contributed by atoms with Crippen LogP contribution in [0.1, 0.15) is 24.5 Å². The van der Waals surface area contributed by atoms with E-state index in [1.54, 1.807) is 43.0 Å². The van der Waals surface area contributed by atoms with Crippen molar-refractivity contribution in [2.45, 2.75) is 36.9 Å². The molecule has 0 aliphatic carbocycles. The summed E-state index contributed by atoms with van der Waals surface area (Å²) in [5.41, 5.74) is 1.46. The molecule has 1 saturated heterocycles. The SMILES string of the molecule is COc1ccc(CN(c2nccs2)S(=O)(=O)c2ccc(OC3(C)CCN(Cc4ccccc4)C3)c(Cl)c2)c(OC)c1. The maximum atomic E-state index is 14.0. The first-order chi connectivity index (χ1) is 19.7. The third kappa shape index (κ3) is 6.62. The van der Waals surface area contributed by atoms with E-state index in [2.05, 4.69) is 28.9 Å². The maximum absolute atomic E-state index is 14.0. The van der Waals surface area contributed by atoms with Crippen molar-refractivity contribution in [3.8, 4) is 17.2 Å². The molecule has 216 valence electrons. The van der Waals surface area contributed by atoms with E-state index < -0.39 is 15.6 Å². The van der Waals surface area contributed by atoms with Gasteiger partial charge in [-0.3, -0.25) is 4.90 Å². The Labute approximate surface area is 250 Å². The fourth-order valence-corrected chi connectivity index (χ4v) is 7.51. The van der Waals surface area contributed by atoms with Gasteiger partial charge in [-0.15, -0.1) is 11.3 Å². The van der Waals surface area contributed by atoms with Crippen molar-refractivity contribution in [3.05, 3.63) is 94.5 Å². The molecule has 0 amide bonds. The van der Waals surface area contributed by atoms with Crippen LogP contribution in [0, 0.1) is 0 Å². The summed E-state index contributed by atoms with van der Waals surface area (Å²) in [5, 5.41) is 2.29. The highest BCUT2D eigenvalue weighted by molar-refractivity contribution is 7.93. The van der Waals surface area contributed by atoms with E-state index in [-0.39, 0.29) is 16.5 Å². The molecule has 0 radical (unpaired) electrons. The molecule has 1 aliphatic rings. The van der Waals surface area contributed by atoms with Gasteiger partial charge in [-0.05, 0) is 42.8 Å². The number of anilines is 1. The molecule has 0 saturated carbocycles. The normalized spacial score (nSPS) is 17.4. The van der Waals surface area contributed by atoms with Crippen LogP contribution in [0.3, 0.4) is 0 Å². The van der Waals surface area contributed by atoms with Crippen LogP contribution < -0.4 is 18.5 Å². The molecule has 1 fully saturated rings. The molecule has 0 N–H and O–H groups in total. The summed E-state index contributed by atoms with van der Waals surface area (Å²) < 4.78 is 46.4. The summed E-state index contributed by atoms with van der Waals surface area (Å²) in [7, 11) is -0.948. The molecule has 0 spiro atoms. The predicted molar refractivity (Wildman–Crippen MR) is 162 cm³/mol. The number of hydrogen-bond acceptors (Lipinski definition) is 8. The molecule has 0 bridgehead atoms. The van der Waals surface area contributed by atoms with Crippen molar-refractivity contribution in [1.82, 2.24) is 9.88 Å². The minimum Gasteiger partial charge on any atom is -0.497 e. The zero-order valence-corrected chi connectivity index (χ0v) is 25.5. The van der Waals surface area contributed by atoms with E-state index in [1.807, 2.05) is 18.2 Å². The number of likely N-dealkylation sites (tertiary alicyclic amines) is 1. The van der Waals surface area contributed by atoms with E-state index in [0.29, 0.717) is 27.9 Å². The Bertz CT molecular complexity index is 1590. The van der Waals surface area contributed by atoms with Crippen molar-refractivity contribution in [2.75, 3.05) is 31.6 Å². The van der Waals surface area contributed by atoms with Crippen LogP contribution in [0.5, 0.6) is 17.2 Å². The lowest BCUT2D eigenvalue weighted by Crippen LogP contribution is -2.36. The van der Waals surface area contributed by atoms with Crippen molar-refractivity contribution in [2.24, 2.45) is 0 Å². The first-order valence-corrected chi connectivity index (χ1v) is 15.8.